The summed E-state index contributed by atoms with van der Waals surface area (Å²) in [6, 6.07) is 14.9. The molecule has 25 heavy (non-hydrogen) atoms. The Morgan fingerprint density at radius 2 is 2.00 bits per heavy atom. The molecule has 0 spiro atoms. The van der Waals surface area contributed by atoms with E-state index in [-0.39, 0.29) is 12.5 Å². The molecule has 2 aromatic rings. The van der Waals surface area contributed by atoms with E-state index in [9.17, 15) is 9.59 Å². The van der Waals surface area contributed by atoms with Gasteiger partial charge in [-0.05, 0) is 43.2 Å². The maximum Gasteiger partial charge on any atom is 0.344 e. The van der Waals surface area contributed by atoms with Crippen LogP contribution in [0.25, 0.3) is 0 Å². The van der Waals surface area contributed by atoms with Crippen molar-refractivity contribution in [2.45, 2.75) is 19.4 Å². The quantitative estimate of drug-likeness (QED) is 0.718. The molecule has 0 unspecified atom stereocenters. The molecule has 1 aliphatic heterocycles. The van der Waals surface area contributed by atoms with E-state index in [2.05, 4.69) is 15.9 Å². The zero-order valence-corrected chi connectivity index (χ0v) is 15.4. The van der Waals surface area contributed by atoms with Crippen molar-refractivity contribution < 1.29 is 19.1 Å². The average molecular weight is 404 g/mol. The maximum absolute atomic E-state index is 12.6. The Bertz CT molecular complexity index is 792. The van der Waals surface area contributed by atoms with E-state index in [0.717, 1.165) is 22.1 Å². The predicted molar refractivity (Wildman–Crippen MR) is 97.7 cm³/mol. The summed E-state index contributed by atoms with van der Waals surface area (Å²) >= 11 is 3.33. The van der Waals surface area contributed by atoms with Gasteiger partial charge in [-0.15, -0.1) is 0 Å². The molecule has 1 amide bonds. The normalized spacial score (nSPS) is 13.9. The minimum Gasteiger partial charge on any atom is -0.482 e. The van der Waals surface area contributed by atoms with Crippen molar-refractivity contribution in [1.29, 1.82) is 0 Å². The first kappa shape index (κ1) is 17.5. The van der Waals surface area contributed by atoms with Crippen LogP contribution in [0.2, 0.25) is 0 Å². The Hall–Kier alpha value is -2.34. The number of ether oxygens (including phenoxy) is 2. The highest BCUT2D eigenvalue weighted by Gasteiger charge is 2.29. The summed E-state index contributed by atoms with van der Waals surface area (Å²) in [6.45, 7) is 1.94. The molecule has 0 radical (unpaired) electrons. The molecule has 6 heteroatoms. The first-order valence-corrected chi connectivity index (χ1v) is 8.81. The molecule has 0 bridgehead atoms. The van der Waals surface area contributed by atoms with Gasteiger partial charge in [0.05, 0.1) is 0 Å². The molecule has 0 saturated carbocycles. The second kappa shape index (κ2) is 7.70. The van der Waals surface area contributed by atoms with Gasteiger partial charge in [0.2, 0.25) is 0 Å². The van der Waals surface area contributed by atoms with Gasteiger partial charge in [-0.3, -0.25) is 4.79 Å². The summed E-state index contributed by atoms with van der Waals surface area (Å²) in [5.41, 5.74) is 2.02. The summed E-state index contributed by atoms with van der Waals surface area (Å²) in [7, 11) is 0. The molecule has 0 N–H and O–H groups in total. The van der Waals surface area contributed by atoms with Crippen LogP contribution in [0.1, 0.15) is 12.5 Å². The number of benzene rings is 2. The Kier molecular flexibility index (Phi) is 5.38. The van der Waals surface area contributed by atoms with Gasteiger partial charge in [-0.1, -0.05) is 40.2 Å². The first-order chi connectivity index (χ1) is 12.0. The number of halogens is 1. The molecule has 1 aliphatic rings. The minimum absolute atomic E-state index is 0.222. The number of nitrogens with zero attached hydrogens (tertiary/aromatic N) is 1. The smallest absolute Gasteiger partial charge is 0.344 e. The van der Waals surface area contributed by atoms with Crippen LogP contribution in [-0.2, 0) is 20.7 Å². The topological polar surface area (TPSA) is 55.8 Å². The molecular weight excluding hydrogens is 386 g/mol. The van der Waals surface area contributed by atoms with Crippen molar-refractivity contribution in [2.75, 3.05) is 18.1 Å². The first-order valence-electron chi connectivity index (χ1n) is 8.02. The van der Waals surface area contributed by atoms with Gasteiger partial charge in [0.15, 0.2) is 12.7 Å². The lowest BCUT2D eigenvalue weighted by atomic mass is 10.2. The highest BCUT2D eigenvalue weighted by molar-refractivity contribution is 9.10. The van der Waals surface area contributed by atoms with E-state index < -0.39 is 12.1 Å². The number of amides is 1. The monoisotopic (exact) mass is 403 g/mol. The molecular formula is C19H18BrNO4. The van der Waals surface area contributed by atoms with Crippen molar-refractivity contribution in [3.05, 3.63) is 58.6 Å². The highest BCUT2D eigenvalue weighted by Crippen LogP contribution is 2.28. The Morgan fingerprint density at radius 1 is 1.20 bits per heavy atom. The minimum atomic E-state index is -0.857. The second-order valence-electron chi connectivity index (χ2n) is 5.75. The lowest BCUT2D eigenvalue weighted by Crippen LogP contribution is -2.39. The van der Waals surface area contributed by atoms with E-state index in [0.29, 0.717) is 12.3 Å². The van der Waals surface area contributed by atoms with E-state index in [1.54, 1.807) is 24.0 Å². The van der Waals surface area contributed by atoms with Crippen molar-refractivity contribution in [3.8, 4) is 5.75 Å². The van der Waals surface area contributed by atoms with Crippen LogP contribution in [0, 0.1) is 0 Å². The van der Waals surface area contributed by atoms with Gasteiger partial charge in [0.1, 0.15) is 5.75 Å². The number of para-hydroxylation sites is 1. The summed E-state index contributed by atoms with van der Waals surface area (Å²) in [4.78, 5) is 26.2. The number of carbonyl (C=O) groups excluding carboxylic acids is 2. The maximum atomic E-state index is 12.6. The molecule has 1 atom stereocenters. The molecule has 5 nitrogen and oxygen atoms in total. The van der Waals surface area contributed by atoms with E-state index >= 15 is 0 Å². The van der Waals surface area contributed by atoms with Crippen molar-refractivity contribution in [2.24, 2.45) is 0 Å². The van der Waals surface area contributed by atoms with Gasteiger partial charge < -0.3 is 14.4 Å². The highest BCUT2D eigenvalue weighted by atomic mass is 79.9. The Balaban J connectivity index is 1.54. The van der Waals surface area contributed by atoms with Crippen molar-refractivity contribution >= 4 is 33.5 Å². The van der Waals surface area contributed by atoms with Crippen LogP contribution in [0.5, 0.6) is 5.75 Å². The number of fused-ring (bicyclic) bond motifs is 1. The van der Waals surface area contributed by atoms with E-state index in [1.165, 1.54) is 0 Å². The van der Waals surface area contributed by atoms with Crippen molar-refractivity contribution in [3.63, 3.8) is 0 Å². The van der Waals surface area contributed by atoms with E-state index in [4.69, 9.17) is 9.47 Å². The third-order valence-corrected chi connectivity index (χ3v) is 4.46. The molecule has 130 valence electrons. The zero-order valence-electron chi connectivity index (χ0n) is 13.8. The van der Waals surface area contributed by atoms with Crippen LogP contribution < -0.4 is 9.64 Å². The number of rotatable bonds is 5. The number of esters is 1. The van der Waals surface area contributed by atoms with Gasteiger partial charge >= 0.3 is 5.97 Å². The molecule has 0 saturated heterocycles. The molecule has 0 aromatic heterocycles. The summed E-state index contributed by atoms with van der Waals surface area (Å²) < 4.78 is 11.5. The Labute approximate surface area is 154 Å². The third kappa shape index (κ3) is 4.20. The fourth-order valence-electron chi connectivity index (χ4n) is 2.77. The van der Waals surface area contributed by atoms with Crippen LogP contribution in [0.4, 0.5) is 5.69 Å². The van der Waals surface area contributed by atoms with Crippen LogP contribution in [-0.4, -0.2) is 31.1 Å². The predicted octanol–water partition coefficient (Wildman–Crippen LogP) is 3.35. The summed E-state index contributed by atoms with van der Waals surface area (Å²) in [6.07, 6.45) is -0.0426. The fourth-order valence-corrected chi connectivity index (χ4v) is 3.15. The lowest BCUT2D eigenvalue weighted by molar-refractivity contribution is -0.155. The molecule has 1 heterocycles. The van der Waals surface area contributed by atoms with Gasteiger partial charge in [0.25, 0.3) is 5.91 Å². The molecule has 0 fully saturated rings. The fraction of sp³-hybridized carbons (Fsp3) is 0.263. The number of anilines is 1. The van der Waals surface area contributed by atoms with Crippen LogP contribution >= 0.6 is 15.9 Å². The second-order valence-corrected chi connectivity index (χ2v) is 6.66. The van der Waals surface area contributed by atoms with Crippen LogP contribution in [0.15, 0.2) is 53.0 Å². The largest absolute Gasteiger partial charge is 0.482 e. The van der Waals surface area contributed by atoms with Crippen LogP contribution in [0.3, 0.4) is 0 Å². The molecule has 0 aliphatic carbocycles. The average Bonchev–Trinajstić information content (AvgIpc) is 3.03. The number of hydrogen-bond acceptors (Lipinski definition) is 4. The Morgan fingerprint density at radius 3 is 2.80 bits per heavy atom. The standard InChI is InChI=1S/C19H18BrNO4/c1-13(19(23)21-10-9-14-5-2-3-8-17(14)21)25-18(22)12-24-16-7-4-6-15(20)11-16/h2-8,11,13H,9-10,12H2,1H3/t13-/m1/s1. The summed E-state index contributed by atoms with van der Waals surface area (Å²) in [5, 5.41) is 0. The van der Waals surface area contributed by atoms with Crippen molar-refractivity contribution in [1.82, 2.24) is 0 Å². The van der Waals surface area contributed by atoms with Gasteiger partial charge in [-0.2, -0.15) is 0 Å². The third-order valence-electron chi connectivity index (χ3n) is 3.96. The number of carbonyl (C=O) groups is 2. The van der Waals surface area contributed by atoms with Gasteiger partial charge in [-0.25, -0.2) is 4.79 Å². The SMILES string of the molecule is C[C@@H](OC(=O)COc1cccc(Br)c1)C(=O)N1CCc2ccccc21. The summed E-state index contributed by atoms with van der Waals surface area (Å²) in [5.74, 6) is -0.243. The number of hydrogen-bond donors (Lipinski definition) is 0. The van der Waals surface area contributed by atoms with E-state index in [1.807, 2.05) is 36.4 Å². The molecule has 2 aromatic carbocycles. The zero-order chi connectivity index (χ0) is 17.8. The lowest BCUT2D eigenvalue weighted by Gasteiger charge is -2.21. The van der Waals surface area contributed by atoms with Gasteiger partial charge in [0, 0.05) is 16.7 Å². The molecule has 3 rings (SSSR count).